The molecule has 1 fully saturated rings. The van der Waals surface area contributed by atoms with E-state index in [-0.39, 0.29) is 24.2 Å². The molecule has 0 bridgehead atoms. The van der Waals surface area contributed by atoms with Crippen molar-refractivity contribution in [2.45, 2.75) is 6.42 Å². The lowest BCUT2D eigenvalue weighted by Gasteiger charge is -2.16. The lowest BCUT2D eigenvalue weighted by Crippen LogP contribution is -2.26. The fourth-order valence-electron chi connectivity index (χ4n) is 2.49. The van der Waals surface area contributed by atoms with Gasteiger partial charge in [-0.1, -0.05) is 0 Å². The number of hydrogen-bond acceptors (Lipinski definition) is 4. The summed E-state index contributed by atoms with van der Waals surface area (Å²) in [5.74, 6) is -0.774. The van der Waals surface area contributed by atoms with Crippen molar-refractivity contribution < 1.29 is 14.3 Å². The average molecular weight is 285 g/mol. The smallest absolute Gasteiger partial charge is 0.311 e. The van der Waals surface area contributed by atoms with Crippen LogP contribution in [0.4, 0.5) is 5.69 Å². The molecule has 2 aromatic rings. The second-order valence-corrected chi connectivity index (χ2v) is 4.90. The molecule has 1 aliphatic heterocycles. The van der Waals surface area contributed by atoms with E-state index in [1.54, 1.807) is 15.8 Å². The third-order valence-electron chi connectivity index (χ3n) is 3.59. The highest BCUT2D eigenvalue weighted by molar-refractivity contribution is 5.99. The van der Waals surface area contributed by atoms with Crippen molar-refractivity contribution in [2.24, 2.45) is 5.92 Å². The summed E-state index contributed by atoms with van der Waals surface area (Å²) in [6.07, 6.45) is 3.76. The molecule has 2 heterocycles. The zero-order valence-corrected chi connectivity index (χ0v) is 11.6. The molecule has 1 aliphatic rings. The van der Waals surface area contributed by atoms with Gasteiger partial charge in [0.25, 0.3) is 0 Å². The van der Waals surface area contributed by atoms with Gasteiger partial charge in [0.2, 0.25) is 5.91 Å². The van der Waals surface area contributed by atoms with Crippen LogP contribution < -0.4 is 4.90 Å². The van der Waals surface area contributed by atoms with E-state index < -0.39 is 0 Å². The molecule has 1 atom stereocenters. The highest BCUT2D eigenvalue weighted by Crippen LogP contribution is 2.26. The molecule has 0 radical (unpaired) electrons. The van der Waals surface area contributed by atoms with Gasteiger partial charge in [-0.2, -0.15) is 5.10 Å². The zero-order valence-electron chi connectivity index (χ0n) is 11.6. The number of esters is 1. The Balaban J connectivity index is 1.78. The van der Waals surface area contributed by atoms with Crippen LogP contribution in [0.2, 0.25) is 0 Å². The van der Waals surface area contributed by atoms with Crippen LogP contribution in [0.1, 0.15) is 6.42 Å². The van der Waals surface area contributed by atoms with Crippen LogP contribution in [-0.4, -0.2) is 35.3 Å². The van der Waals surface area contributed by atoms with Crippen LogP contribution in [0.3, 0.4) is 0 Å². The predicted molar refractivity (Wildman–Crippen MR) is 76.0 cm³/mol. The Morgan fingerprint density at radius 3 is 2.62 bits per heavy atom. The number of benzene rings is 1. The highest BCUT2D eigenvalue weighted by atomic mass is 16.5. The Labute approximate surface area is 121 Å². The SMILES string of the molecule is COC(=O)C1CC(=O)N(c2ccc(-n3cccn3)cc2)C1. The first-order valence-corrected chi connectivity index (χ1v) is 6.67. The molecule has 1 aromatic carbocycles. The zero-order chi connectivity index (χ0) is 14.8. The summed E-state index contributed by atoms with van der Waals surface area (Å²) in [7, 11) is 1.34. The minimum absolute atomic E-state index is 0.0581. The standard InChI is InChI=1S/C15H15N3O3/c1-21-15(20)11-9-14(19)17(10-11)12-3-5-13(6-4-12)18-8-2-7-16-18/h2-8,11H,9-10H2,1H3. The van der Waals surface area contributed by atoms with E-state index in [4.69, 9.17) is 4.74 Å². The summed E-state index contributed by atoms with van der Waals surface area (Å²) in [5, 5.41) is 4.15. The molecule has 108 valence electrons. The van der Waals surface area contributed by atoms with Gasteiger partial charge in [0.05, 0.1) is 18.7 Å². The Morgan fingerprint density at radius 2 is 2.00 bits per heavy atom. The molecule has 1 saturated heterocycles. The first-order valence-electron chi connectivity index (χ1n) is 6.67. The number of carbonyl (C=O) groups excluding carboxylic acids is 2. The molecule has 21 heavy (non-hydrogen) atoms. The van der Waals surface area contributed by atoms with E-state index in [0.29, 0.717) is 6.54 Å². The van der Waals surface area contributed by atoms with Gasteiger partial charge in [-0.15, -0.1) is 0 Å². The number of amides is 1. The number of rotatable bonds is 3. The minimum Gasteiger partial charge on any atom is -0.469 e. The Kier molecular flexibility index (Phi) is 3.43. The second-order valence-electron chi connectivity index (χ2n) is 4.90. The normalized spacial score (nSPS) is 18.0. The van der Waals surface area contributed by atoms with Gasteiger partial charge in [-0.3, -0.25) is 9.59 Å². The lowest BCUT2D eigenvalue weighted by atomic mass is 10.1. The van der Waals surface area contributed by atoms with Gasteiger partial charge in [0.1, 0.15) is 0 Å². The summed E-state index contributed by atoms with van der Waals surface area (Å²) >= 11 is 0. The summed E-state index contributed by atoms with van der Waals surface area (Å²) in [4.78, 5) is 25.2. The van der Waals surface area contributed by atoms with Gasteiger partial charge in [0.15, 0.2) is 0 Å². The minimum atomic E-state index is -0.381. The molecule has 0 aliphatic carbocycles. The van der Waals surface area contributed by atoms with Gasteiger partial charge in [-0.05, 0) is 30.3 Å². The molecule has 1 unspecified atom stereocenters. The fraction of sp³-hybridized carbons (Fsp3) is 0.267. The maximum Gasteiger partial charge on any atom is 0.311 e. The lowest BCUT2D eigenvalue weighted by molar-refractivity contribution is -0.145. The van der Waals surface area contributed by atoms with Crippen molar-refractivity contribution in [2.75, 3.05) is 18.6 Å². The molecule has 1 amide bonds. The molecule has 6 nitrogen and oxygen atoms in total. The van der Waals surface area contributed by atoms with E-state index in [2.05, 4.69) is 5.10 Å². The summed E-state index contributed by atoms with van der Waals surface area (Å²) in [6.45, 7) is 0.368. The molecular formula is C15H15N3O3. The van der Waals surface area contributed by atoms with Crippen LogP contribution in [-0.2, 0) is 14.3 Å². The largest absolute Gasteiger partial charge is 0.469 e. The van der Waals surface area contributed by atoms with Crippen molar-refractivity contribution in [3.8, 4) is 5.69 Å². The van der Waals surface area contributed by atoms with E-state index in [1.165, 1.54) is 7.11 Å². The molecule has 1 aromatic heterocycles. The quantitative estimate of drug-likeness (QED) is 0.800. The van der Waals surface area contributed by atoms with Crippen molar-refractivity contribution in [1.29, 1.82) is 0 Å². The Morgan fingerprint density at radius 1 is 1.29 bits per heavy atom. The second kappa shape index (κ2) is 5.40. The number of hydrogen-bond donors (Lipinski definition) is 0. The van der Waals surface area contributed by atoms with E-state index in [1.807, 2.05) is 36.5 Å². The predicted octanol–water partition coefficient (Wildman–Crippen LogP) is 1.40. The number of anilines is 1. The monoisotopic (exact) mass is 285 g/mol. The Bertz CT molecular complexity index is 649. The number of nitrogens with zero attached hydrogens (tertiary/aromatic N) is 3. The molecule has 0 saturated carbocycles. The number of methoxy groups -OCH3 is 1. The summed E-state index contributed by atoms with van der Waals surface area (Å²) in [5.41, 5.74) is 1.70. The van der Waals surface area contributed by atoms with Crippen molar-refractivity contribution in [3.05, 3.63) is 42.7 Å². The molecule has 0 N–H and O–H groups in total. The van der Waals surface area contributed by atoms with Crippen LogP contribution in [0.5, 0.6) is 0 Å². The van der Waals surface area contributed by atoms with Crippen LogP contribution in [0, 0.1) is 5.92 Å². The van der Waals surface area contributed by atoms with E-state index in [9.17, 15) is 9.59 Å². The molecule has 6 heteroatoms. The van der Waals surface area contributed by atoms with E-state index in [0.717, 1.165) is 11.4 Å². The van der Waals surface area contributed by atoms with Crippen molar-refractivity contribution >= 4 is 17.6 Å². The third kappa shape index (κ3) is 2.52. The molecular weight excluding hydrogens is 270 g/mol. The maximum atomic E-state index is 12.0. The molecule has 0 spiro atoms. The Hall–Kier alpha value is -2.63. The van der Waals surface area contributed by atoms with Crippen LogP contribution in [0.15, 0.2) is 42.7 Å². The summed E-state index contributed by atoms with van der Waals surface area (Å²) in [6, 6.07) is 9.34. The van der Waals surface area contributed by atoms with Crippen molar-refractivity contribution in [3.63, 3.8) is 0 Å². The van der Waals surface area contributed by atoms with Crippen molar-refractivity contribution in [1.82, 2.24) is 9.78 Å². The number of carbonyl (C=O) groups is 2. The average Bonchev–Trinajstić information content (AvgIpc) is 3.16. The number of aromatic nitrogens is 2. The van der Waals surface area contributed by atoms with Gasteiger partial charge < -0.3 is 9.64 Å². The first kappa shape index (κ1) is 13.4. The first-order chi connectivity index (χ1) is 10.2. The van der Waals surface area contributed by atoms with Gasteiger partial charge in [0, 0.05) is 31.0 Å². The van der Waals surface area contributed by atoms with E-state index >= 15 is 0 Å². The molecule has 3 rings (SSSR count). The van der Waals surface area contributed by atoms with Crippen LogP contribution in [0.25, 0.3) is 5.69 Å². The third-order valence-corrected chi connectivity index (χ3v) is 3.59. The van der Waals surface area contributed by atoms with Crippen LogP contribution >= 0.6 is 0 Å². The highest BCUT2D eigenvalue weighted by Gasteiger charge is 2.35. The topological polar surface area (TPSA) is 64.4 Å². The number of ether oxygens (including phenoxy) is 1. The summed E-state index contributed by atoms with van der Waals surface area (Å²) < 4.78 is 6.45. The van der Waals surface area contributed by atoms with Gasteiger partial charge in [-0.25, -0.2) is 4.68 Å². The maximum absolute atomic E-state index is 12.0. The van der Waals surface area contributed by atoms with Gasteiger partial charge >= 0.3 is 5.97 Å². The fourth-order valence-corrected chi connectivity index (χ4v) is 2.49.